The van der Waals surface area contributed by atoms with E-state index in [1.54, 1.807) is 0 Å². The van der Waals surface area contributed by atoms with Gasteiger partial charge in [0.15, 0.2) is 0 Å². The van der Waals surface area contributed by atoms with Crippen molar-refractivity contribution < 1.29 is 31.1 Å². The van der Waals surface area contributed by atoms with Crippen LogP contribution in [0.5, 0.6) is 0 Å². The van der Waals surface area contributed by atoms with E-state index in [-0.39, 0.29) is 12.1 Å². The van der Waals surface area contributed by atoms with Gasteiger partial charge in [-0.2, -0.15) is 26.3 Å². The molecule has 0 saturated carbocycles. The first-order chi connectivity index (χ1) is 8.58. The first-order valence-electron chi connectivity index (χ1n) is 4.93. The molecule has 0 spiro atoms. The van der Waals surface area contributed by atoms with E-state index in [1.165, 1.54) is 0 Å². The summed E-state index contributed by atoms with van der Waals surface area (Å²) >= 11 is 0. The molecule has 0 atom stereocenters. The molecule has 19 heavy (non-hydrogen) atoms. The van der Waals surface area contributed by atoms with Gasteiger partial charge in [0.05, 0.1) is 6.61 Å². The normalized spacial score (nSPS) is 12.7. The Bertz CT molecular complexity index is 431. The van der Waals surface area contributed by atoms with Crippen molar-refractivity contribution in [1.82, 2.24) is 9.97 Å². The summed E-state index contributed by atoms with van der Waals surface area (Å²) in [5, 5.41) is 0. The van der Waals surface area contributed by atoms with E-state index in [2.05, 4.69) is 14.7 Å². The molecule has 0 saturated heterocycles. The average Bonchev–Trinajstić information content (AvgIpc) is 2.21. The lowest BCUT2D eigenvalue weighted by molar-refractivity contribution is -0.173. The summed E-state index contributed by atoms with van der Waals surface area (Å²) in [6.07, 6.45) is -9.41. The third-order valence-corrected chi connectivity index (χ3v) is 1.86. The third-order valence-electron chi connectivity index (χ3n) is 1.86. The van der Waals surface area contributed by atoms with Crippen LogP contribution >= 0.6 is 0 Å². The van der Waals surface area contributed by atoms with Crippen LogP contribution in [0.15, 0.2) is 6.07 Å². The Labute approximate surface area is 103 Å². The van der Waals surface area contributed by atoms with Gasteiger partial charge < -0.3 is 10.5 Å². The molecule has 4 nitrogen and oxygen atoms in total. The molecule has 2 N–H and O–H groups in total. The molecule has 1 rings (SSSR count). The summed E-state index contributed by atoms with van der Waals surface area (Å²) < 4.78 is 76.6. The molecule has 108 valence electrons. The zero-order chi connectivity index (χ0) is 14.7. The van der Waals surface area contributed by atoms with Crippen LogP contribution < -0.4 is 5.73 Å². The van der Waals surface area contributed by atoms with Gasteiger partial charge >= 0.3 is 12.4 Å². The zero-order valence-corrected chi connectivity index (χ0v) is 9.35. The van der Waals surface area contributed by atoms with E-state index in [0.717, 1.165) is 0 Å². The van der Waals surface area contributed by atoms with Gasteiger partial charge in [0.1, 0.15) is 12.3 Å². The van der Waals surface area contributed by atoms with Gasteiger partial charge in [0.2, 0.25) is 5.95 Å². The fraction of sp³-hybridized carbons (Fsp3) is 0.556. The molecule has 1 aromatic rings. The second-order valence-electron chi connectivity index (χ2n) is 3.52. The molecule has 1 aromatic heterocycles. The van der Waals surface area contributed by atoms with Crippen LogP contribution in [0, 0.1) is 0 Å². The predicted molar refractivity (Wildman–Crippen MR) is 52.0 cm³/mol. The summed E-state index contributed by atoms with van der Waals surface area (Å²) in [5.74, 6) is -0.597. The standard InChI is InChI=1S/C9H9F6N3O/c10-8(11,12)4-19-2-1-5-3-6(9(13,14)15)18-7(16)17-5/h3H,1-2,4H2,(H2,16,17,18). The molecule has 10 heteroatoms. The molecule has 0 aliphatic heterocycles. The summed E-state index contributed by atoms with van der Waals surface area (Å²) in [5.41, 5.74) is 3.70. The predicted octanol–water partition coefficient (Wildman–Crippen LogP) is 2.20. The van der Waals surface area contributed by atoms with Crippen molar-refractivity contribution >= 4 is 5.95 Å². The average molecular weight is 289 g/mol. The van der Waals surface area contributed by atoms with Crippen molar-refractivity contribution in [3.63, 3.8) is 0 Å². The van der Waals surface area contributed by atoms with Crippen LogP contribution in [-0.2, 0) is 17.3 Å². The number of hydrogen-bond donors (Lipinski definition) is 1. The van der Waals surface area contributed by atoms with E-state index in [4.69, 9.17) is 5.73 Å². The van der Waals surface area contributed by atoms with Gasteiger partial charge in [0.25, 0.3) is 0 Å². The van der Waals surface area contributed by atoms with E-state index in [1.807, 2.05) is 0 Å². The van der Waals surface area contributed by atoms with Crippen molar-refractivity contribution in [3.8, 4) is 0 Å². The zero-order valence-electron chi connectivity index (χ0n) is 9.35. The van der Waals surface area contributed by atoms with E-state index in [0.29, 0.717) is 6.07 Å². The number of nitrogens with two attached hydrogens (primary N) is 1. The largest absolute Gasteiger partial charge is 0.433 e. The highest BCUT2D eigenvalue weighted by Crippen LogP contribution is 2.28. The first-order valence-corrected chi connectivity index (χ1v) is 4.93. The number of alkyl halides is 6. The highest BCUT2D eigenvalue weighted by molar-refractivity contribution is 5.24. The third kappa shape index (κ3) is 5.73. The van der Waals surface area contributed by atoms with Crippen molar-refractivity contribution in [1.29, 1.82) is 0 Å². The van der Waals surface area contributed by atoms with Crippen molar-refractivity contribution in [2.75, 3.05) is 18.9 Å². The summed E-state index contributed by atoms with van der Waals surface area (Å²) in [7, 11) is 0. The smallest absolute Gasteiger partial charge is 0.372 e. The number of anilines is 1. The van der Waals surface area contributed by atoms with Crippen LogP contribution in [0.3, 0.4) is 0 Å². The minimum Gasteiger partial charge on any atom is -0.372 e. The SMILES string of the molecule is Nc1nc(CCOCC(F)(F)F)cc(C(F)(F)F)n1. The number of nitrogens with zero attached hydrogens (tertiary/aromatic N) is 2. The number of halogens is 6. The van der Waals surface area contributed by atoms with Gasteiger partial charge in [-0.3, -0.25) is 0 Å². The molecule has 0 fully saturated rings. The van der Waals surface area contributed by atoms with Crippen LogP contribution in [0.25, 0.3) is 0 Å². The molecule has 0 unspecified atom stereocenters. The molecule has 0 bridgehead atoms. The van der Waals surface area contributed by atoms with Crippen LogP contribution in [0.2, 0.25) is 0 Å². The maximum absolute atomic E-state index is 12.4. The Morgan fingerprint density at radius 1 is 1.11 bits per heavy atom. The Hall–Kier alpha value is -1.58. The Balaban J connectivity index is 2.62. The Morgan fingerprint density at radius 2 is 1.74 bits per heavy atom. The fourth-order valence-electron chi connectivity index (χ4n) is 1.16. The number of nitrogen functional groups attached to an aromatic ring is 1. The van der Waals surface area contributed by atoms with E-state index < -0.39 is 37.2 Å². The Morgan fingerprint density at radius 3 is 2.26 bits per heavy atom. The van der Waals surface area contributed by atoms with Crippen molar-refractivity contribution in [2.45, 2.75) is 18.8 Å². The topological polar surface area (TPSA) is 61.0 Å². The van der Waals surface area contributed by atoms with Gasteiger partial charge in [-0.15, -0.1) is 0 Å². The summed E-state index contributed by atoms with van der Waals surface area (Å²) in [4.78, 5) is 6.48. The molecule has 0 aliphatic rings. The monoisotopic (exact) mass is 289 g/mol. The molecular weight excluding hydrogens is 280 g/mol. The number of hydrogen-bond acceptors (Lipinski definition) is 4. The van der Waals surface area contributed by atoms with Gasteiger partial charge in [0, 0.05) is 12.1 Å². The first kappa shape index (κ1) is 15.5. The number of aromatic nitrogens is 2. The quantitative estimate of drug-likeness (QED) is 0.682. The number of rotatable bonds is 4. The van der Waals surface area contributed by atoms with E-state index >= 15 is 0 Å². The Kier molecular flexibility index (Phi) is 4.56. The highest BCUT2D eigenvalue weighted by Gasteiger charge is 2.33. The van der Waals surface area contributed by atoms with Crippen LogP contribution in [0.1, 0.15) is 11.4 Å². The molecule has 0 aliphatic carbocycles. The second kappa shape index (κ2) is 5.59. The summed E-state index contributed by atoms with van der Waals surface area (Å²) in [6, 6.07) is 0.618. The van der Waals surface area contributed by atoms with Crippen LogP contribution in [0.4, 0.5) is 32.3 Å². The molecule has 1 heterocycles. The van der Waals surface area contributed by atoms with Crippen molar-refractivity contribution in [2.24, 2.45) is 0 Å². The van der Waals surface area contributed by atoms with Crippen LogP contribution in [-0.4, -0.2) is 29.4 Å². The lowest BCUT2D eigenvalue weighted by Gasteiger charge is -2.09. The summed E-state index contributed by atoms with van der Waals surface area (Å²) in [6.45, 7) is -1.90. The number of ether oxygens (including phenoxy) is 1. The highest BCUT2D eigenvalue weighted by atomic mass is 19.4. The molecule has 0 radical (unpaired) electrons. The van der Waals surface area contributed by atoms with Gasteiger partial charge in [-0.25, -0.2) is 9.97 Å². The molecule has 0 aromatic carbocycles. The minimum absolute atomic E-state index is 0.137. The van der Waals surface area contributed by atoms with Gasteiger partial charge in [-0.05, 0) is 6.07 Å². The maximum Gasteiger partial charge on any atom is 0.433 e. The van der Waals surface area contributed by atoms with E-state index in [9.17, 15) is 26.3 Å². The second-order valence-corrected chi connectivity index (χ2v) is 3.52. The minimum atomic E-state index is -4.70. The fourth-order valence-corrected chi connectivity index (χ4v) is 1.16. The maximum atomic E-state index is 12.4. The molecular formula is C9H9F6N3O. The molecule has 0 amide bonds. The lowest BCUT2D eigenvalue weighted by atomic mass is 10.2. The van der Waals surface area contributed by atoms with Crippen molar-refractivity contribution in [3.05, 3.63) is 17.5 Å². The van der Waals surface area contributed by atoms with Gasteiger partial charge in [-0.1, -0.05) is 0 Å². The lowest BCUT2D eigenvalue weighted by Crippen LogP contribution is -2.18.